The number of aliphatic hydroxyl groups is 1. The fraction of sp³-hybridized carbons (Fsp3) is 0.500. The third-order valence-electron chi connectivity index (χ3n) is 3.07. The van der Waals surface area contributed by atoms with Crippen LogP contribution >= 0.6 is 0 Å². The van der Waals surface area contributed by atoms with E-state index >= 15 is 0 Å². The van der Waals surface area contributed by atoms with E-state index in [0.717, 1.165) is 18.4 Å². The first-order valence-electron chi connectivity index (χ1n) is 4.22. The van der Waals surface area contributed by atoms with Crippen LogP contribution in [-0.4, -0.2) is 16.9 Å². The Labute approximate surface area is 72.1 Å². The Morgan fingerprint density at radius 3 is 2.50 bits per heavy atom. The summed E-state index contributed by atoms with van der Waals surface area (Å²) >= 11 is 0. The smallest absolute Gasteiger partial charge is 0.0839 e. The van der Waals surface area contributed by atoms with Gasteiger partial charge in [-0.2, -0.15) is 0 Å². The summed E-state index contributed by atoms with van der Waals surface area (Å²) in [6.07, 6.45) is 2.09. The number of rotatable bonds is 0. The normalized spacial score (nSPS) is 32.8. The van der Waals surface area contributed by atoms with E-state index in [2.05, 4.69) is 13.2 Å². The lowest BCUT2D eigenvalue weighted by molar-refractivity contribution is 0.208. The summed E-state index contributed by atoms with van der Waals surface area (Å²) < 4.78 is 0. The standard InChI is InChI=1S/C10H13NO/c1-6-5-8(12)7(2)9(11)10(6)3-4-10/h8,11-12H,1-5H2. The molecule has 2 nitrogen and oxygen atoms in total. The molecule has 2 aliphatic rings. The Bertz CT molecular complexity index is 286. The monoisotopic (exact) mass is 163 g/mol. The van der Waals surface area contributed by atoms with Crippen molar-refractivity contribution in [3.63, 3.8) is 0 Å². The Kier molecular flexibility index (Phi) is 1.34. The second kappa shape index (κ2) is 2.07. The number of aliphatic hydroxyl groups excluding tert-OH is 1. The van der Waals surface area contributed by atoms with E-state index < -0.39 is 6.10 Å². The Balaban J connectivity index is 2.35. The van der Waals surface area contributed by atoms with Gasteiger partial charge in [-0.05, 0) is 24.8 Å². The van der Waals surface area contributed by atoms with E-state index in [0.29, 0.717) is 17.7 Å². The molecule has 0 aromatic heterocycles. The number of hydrogen-bond donors (Lipinski definition) is 2. The van der Waals surface area contributed by atoms with Gasteiger partial charge in [0.15, 0.2) is 0 Å². The van der Waals surface area contributed by atoms with Crippen LogP contribution in [0.4, 0.5) is 0 Å². The summed E-state index contributed by atoms with van der Waals surface area (Å²) in [6, 6.07) is 0. The van der Waals surface area contributed by atoms with Gasteiger partial charge < -0.3 is 10.5 Å². The zero-order valence-electron chi connectivity index (χ0n) is 7.06. The second-order valence-electron chi connectivity index (χ2n) is 3.81. The molecule has 0 aromatic rings. The highest BCUT2D eigenvalue weighted by molar-refractivity contribution is 6.07. The first kappa shape index (κ1) is 7.74. The van der Waals surface area contributed by atoms with E-state index in [1.807, 2.05) is 0 Å². The molecule has 0 aromatic carbocycles. The molecule has 64 valence electrons. The Morgan fingerprint density at radius 1 is 1.42 bits per heavy atom. The molecule has 2 aliphatic carbocycles. The second-order valence-corrected chi connectivity index (χ2v) is 3.81. The lowest BCUT2D eigenvalue weighted by Gasteiger charge is -2.30. The van der Waals surface area contributed by atoms with Crippen molar-refractivity contribution in [3.05, 3.63) is 24.3 Å². The van der Waals surface area contributed by atoms with Gasteiger partial charge in [-0.1, -0.05) is 18.7 Å². The highest BCUT2D eigenvalue weighted by Crippen LogP contribution is 2.57. The molecule has 1 spiro atoms. The maximum atomic E-state index is 9.48. The van der Waals surface area contributed by atoms with Gasteiger partial charge in [0.25, 0.3) is 0 Å². The molecule has 0 saturated heterocycles. The molecule has 0 heterocycles. The van der Waals surface area contributed by atoms with Crippen molar-refractivity contribution in [3.8, 4) is 0 Å². The van der Waals surface area contributed by atoms with Crippen molar-refractivity contribution in [2.45, 2.75) is 25.4 Å². The van der Waals surface area contributed by atoms with Crippen LogP contribution in [0.3, 0.4) is 0 Å². The molecule has 2 saturated carbocycles. The van der Waals surface area contributed by atoms with Crippen LogP contribution in [0.1, 0.15) is 19.3 Å². The van der Waals surface area contributed by atoms with Gasteiger partial charge in [0.2, 0.25) is 0 Å². The summed E-state index contributed by atoms with van der Waals surface area (Å²) in [5.41, 5.74) is 2.06. The molecule has 2 N–H and O–H groups in total. The van der Waals surface area contributed by atoms with Crippen LogP contribution in [0, 0.1) is 10.8 Å². The zero-order chi connectivity index (χ0) is 8.93. The number of nitrogens with one attached hydrogen (secondary N) is 1. The van der Waals surface area contributed by atoms with E-state index in [-0.39, 0.29) is 5.41 Å². The number of hydrogen-bond acceptors (Lipinski definition) is 2. The minimum atomic E-state index is -0.559. The largest absolute Gasteiger partial charge is 0.388 e. The summed E-state index contributed by atoms with van der Waals surface area (Å²) in [7, 11) is 0. The predicted molar refractivity (Wildman–Crippen MR) is 48.3 cm³/mol. The topological polar surface area (TPSA) is 44.1 Å². The minimum absolute atomic E-state index is 0.0731. The first-order chi connectivity index (χ1) is 5.58. The molecule has 2 rings (SSSR count). The van der Waals surface area contributed by atoms with E-state index in [1.165, 1.54) is 0 Å². The molecule has 0 radical (unpaired) electrons. The van der Waals surface area contributed by atoms with Crippen molar-refractivity contribution in [2.75, 3.05) is 0 Å². The molecule has 2 fully saturated rings. The van der Waals surface area contributed by atoms with Crippen LogP contribution in [0.25, 0.3) is 0 Å². The Morgan fingerprint density at radius 2 is 2.00 bits per heavy atom. The van der Waals surface area contributed by atoms with Crippen molar-refractivity contribution in [1.82, 2.24) is 0 Å². The van der Waals surface area contributed by atoms with Crippen molar-refractivity contribution in [1.29, 1.82) is 5.41 Å². The van der Waals surface area contributed by atoms with E-state index in [9.17, 15) is 5.11 Å². The van der Waals surface area contributed by atoms with Crippen molar-refractivity contribution < 1.29 is 5.11 Å². The van der Waals surface area contributed by atoms with Gasteiger partial charge in [-0.25, -0.2) is 0 Å². The maximum absolute atomic E-state index is 9.48. The van der Waals surface area contributed by atoms with Crippen molar-refractivity contribution in [2.24, 2.45) is 5.41 Å². The van der Waals surface area contributed by atoms with Crippen LogP contribution in [-0.2, 0) is 0 Å². The summed E-state index contributed by atoms with van der Waals surface area (Å²) in [4.78, 5) is 0. The first-order valence-corrected chi connectivity index (χ1v) is 4.22. The molecular formula is C10H13NO. The van der Waals surface area contributed by atoms with Crippen LogP contribution in [0.2, 0.25) is 0 Å². The highest BCUT2D eigenvalue weighted by Gasteiger charge is 2.53. The fourth-order valence-corrected chi connectivity index (χ4v) is 1.93. The van der Waals surface area contributed by atoms with E-state index in [1.54, 1.807) is 0 Å². The lowest BCUT2D eigenvalue weighted by Crippen LogP contribution is -2.32. The van der Waals surface area contributed by atoms with E-state index in [4.69, 9.17) is 5.41 Å². The predicted octanol–water partition coefficient (Wildman–Crippen LogP) is 1.66. The van der Waals surface area contributed by atoms with Gasteiger partial charge in [0, 0.05) is 11.1 Å². The van der Waals surface area contributed by atoms with Crippen LogP contribution in [0.5, 0.6) is 0 Å². The quantitative estimate of drug-likeness (QED) is 0.524. The maximum Gasteiger partial charge on any atom is 0.0839 e. The van der Waals surface area contributed by atoms with Gasteiger partial charge in [-0.15, -0.1) is 0 Å². The highest BCUT2D eigenvalue weighted by atomic mass is 16.3. The van der Waals surface area contributed by atoms with Crippen molar-refractivity contribution >= 4 is 5.71 Å². The summed E-state index contributed by atoms with van der Waals surface area (Å²) in [5, 5.41) is 17.3. The lowest BCUT2D eigenvalue weighted by atomic mass is 9.76. The molecule has 1 atom stereocenters. The minimum Gasteiger partial charge on any atom is -0.388 e. The third-order valence-corrected chi connectivity index (χ3v) is 3.07. The van der Waals surface area contributed by atoms with Crippen LogP contribution < -0.4 is 0 Å². The molecule has 1 unspecified atom stereocenters. The molecule has 0 amide bonds. The SMILES string of the molecule is C=C1C(=N)C2(CC2)C(=C)CC1O. The summed E-state index contributed by atoms with van der Waals surface area (Å²) in [5.74, 6) is 0. The van der Waals surface area contributed by atoms with Gasteiger partial charge >= 0.3 is 0 Å². The zero-order valence-corrected chi connectivity index (χ0v) is 7.06. The molecule has 2 heteroatoms. The molecule has 12 heavy (non-hydrogen) atoms. The van der Waals surface area contributed by atoms with Crippen LogP contribution in [0.15, 0.2) is 24.3 Å². The van der Waals surface area contributed by atoms with Gasteiger partial charge in [-0.3, -0.25) is 0 Å². The molecular weight excluding hydrogens is 150 g/mol. The average Bonchev–Trinajstić information content (AvgIpc) is 2.79. The molecule has 0 aliphatic heterocycles. The Hall–Kier alpha value is -0.890. The summed E-state index contributed by atoms with van der Waals surface area (Å²) in [6.45, 7) is 7.65. The fourth-order valence-electron chi connectivity index (χ4n) is 1.93. The van der Waals surface area contributed by atoms with Gasteiger partial charge in [0.1, 0.15) is 0 Å². The average molecular weight is 163 g/mol. The third kappa shape index (κ3) is 0.758. The molecule has 0 bridgehead atoms. The van der Waals surface area contributed by atoms with Gasteiger partial charge in [0.05, 0.1) is 6.10 Å².